The lowest BCUT2D eigenvalue weighted by molar-refractivity contribution is 0.135. The maximum atomic E-state index is 12.1. The van der Waals surface area contributed by atoms with Crippen LogP contribution in [0.4, 0.5) is 0 Å². The summed E-state index contributed by atoms with van der Waals surface area (Å²) in [5.74, 6) is 2.43. The van der Waals surface area contributed by atoms with E-state index in [2.05, 4.69) is 54.6 Å². The predicted molar refractivity (Wildman–Crippen MR) is 165 cm³/mol. The van der Waals surface area contributed by atoms with E-state index < -0.39 is 5.60 Å². The summed E-state index contributed by atoms with van der Waals surface area (Å²) in [5.41, 5.74) is 3.31. The molecule has 6 aromatic rings. The van der Waals surface area contributed by atoms with Gasteiger partial charge in [0.2, 0.25) is 0 Å². The summed E-state index contributed by atoms with van der Waals surface area (Å²) in [6, 6.07) is 44.7. The van der Waals surface area contributed by atoms with Gasteiger partial charge in [0, 0.05) is 34.8 Å². The number of ether oxygens (including phenoxy) is 2. The number of aliphatic hydroxyl groups excluding tert-OH is 1. The zero-order valence-electron chi connectivity index (χ0n) is 22.2. The molecule has 3 heteroatoms. The average Bonchev–Trinajstić information content (AvgIpc) is 3.04. The molecule has 2 aliphatic heterocycles. The second-order valence-electron chi connectivity index (χ2n) is 10.6. The largest absolute Gasteiger partial charge is 0.507 e. The van der Waals surface area contributed by atoms with Gasteiger partial charge in [-0.05, 0) is 33.7 Å². The van der Waals surface area contributed by atoms with Crippen molar-refractivity contribution in [3.8, 4) is 11.5 Å². The number of hydrogen-bond acceptors (Lipinski definition) is 3. The van der Waals surface area contributed by atoms with Crippen molar-refractivity contribution >= 4 is 33.1 Å². The summed E-state index contributed by atoms with van der Waals surface area (Å²) in [5, 5.41) is 16.5. The first-order valence-corrected chi connectivity index (χ1v) is 13.9. The fourth-order valence-electron chi connectivity index (χ4n) is 6.35. The lowest BCUT2D eigenvalue weighted by Gasteiger charge is -2.43. The van der Waals surface area contributed by atoms with Gasteiger partial charge in [0.25, 0.3) is 0 Å². The monoisotopic (exact) mass is 530 g/mol. The lowest BCUT2D eigenvalue weighted by atomic mass is 9.74. The third-order valence-corrected chi connectivity index (χ3v) is 8.28. The van der Waals surface area contributed by atoms with Gasteiger partial charge in [-0.1, -0.05) is 121 Å². The van der Waals surface area contributed by atoms with Crippen molar-refractivity contribution in [2.75, 3.05) is 0 Å². The highest BCUT2D eigenvalue weighted by atomic mass is 16.5. The summed E-state index contributed by atoms with van der Waals surface area (Å²) in [6.45, 7) is 0. The Morgan fingerprint density at radius 2 is 1.22 bits per heavy atom. The minimum Gasteiger partial charge on any atom is -0.507 e. The first-order chi connectivity index (χ1) is 20.2. The number of rotatable bonds is 2. The van der Waals surface area contributed by atoms with Crippen LogP contribution in [0.5, 0.6) is 11.5 Å². The Morgan fingerprint density at radius 3 is 1.98 bits per heavy atom. The molecule has 41 heavy (non-hydrogen) atoms. The molecule has 1 unspecified atom stereocenters. The minimum absolute atomic E-state index is 0.216. The highest BCUT2D eigenvalue weighted by Crippen LogP contribution is 2.55. The highest BCUT2D eigenvalue weighted by molar-refractivity contribution is 5.94. The van der Waals surface area contributed by atoms with E-state index in [1.807, 2.05) is 84.9 Å². The molecule has 196 valence electrons. The summed E-state index contributed by atoms with van der Waals surface area (Å²) >= 11 is 0. The quantitative estimate of drug-likeness (QED) is 0.227. The van der Waals surface area contributed by atoms with E-state index in [9.17, 15) is 5.11 Å². The van der Waals surface area contributed by atoms with Crippen molar-refractivity contribution in [1.29, 1.82) is 0 Å². The fourth-order valence-corrected chi connectivity index (χ4v) is 6.35. The van der Waals surface area contributed by atoms with Gasteiger partial charge in [-0.15, -0.1) is 0 Å². The number of benzene rings is 6. The van der Waals surface area contributed by atoms with E-state index in [0.717, 1.165) is 55.1 Å². The zero-order valence-corrected chi connectivity index (χ0v) is 22.2. The lowest BCUT2D eigenvalue weighted by Crippen LogP contribution is -2.41. The van der Waals surface area contributed by atoms with Gasteiger partial charge in [-0.2, -0.15) is 0 Å². The van der Waals surface area contributed by atoms with E-state index >= 15 is 0 Å². The summed E-state index contributed by atoms with van der Waals surface area (Å²) in [6.07, 6.45) is 2.57. The van der Waals surface area contributed by atoms with Crippen LogP contribution in [0.25, 0.3) is 33.1 Å². The fraction of sp³-hybridized carbons (Fsp3) is 0.0526. The van der Waals surface area contributed by atoms with Crippen LogP contribution in [-0.4, -0.2) is 5.11 Å². The van der Waals surface area contributed by atoms with Crippen LogP contribution in [0.2, 0.25) is 0 Å². The summed E-state index contributed by atoms with van der Waals surface area (Å²) in [7, 11) is 0. The molecule has 0 bridgehead atoms. The van der Waals surface area contributed by atoms with Crippen LogP contribution >= 0.6 is 0 Å². The molecule has 2 heterocycles. The molecule has 0 aliphatic carbocycles. The molecule has 1 spiro atoms. The first-order valence-electron chi connectivity index (χ1n) is 13.9. The van der Waals surface area contributed by atoms with Crippen LogP contribution in [0, 0.1) is 0 Å². The molecule has 1 atom stereocenters. The van der Waals surface area contributed by atoms with Gasteiger partial charge in [0.15, 0.2) is 5.60 Å². The van der Waals surface area contributed by atoms with Gasteiger partial charge < -0.3 is 14.6 Å². The Hall–Kier alpha value is -5.28. The Balaban J connectivity index is 1.51. The summed E-state index contributed by atoms with van der Waals surface area (Å²) in [4.78, 5) is 0. The van der Waals surface area contributed by atoms with Gasteiger partial charge >= 0.3 is 0 Å². The number of fused-ring (bicyclic) bond motifs is 7. The van der Waals surface area contributed by atoms with E-state index in [-0.39, 0.29) is 5.76 Å². The van der Waals surface area contributed by atoms with Crippen molar-refractivity contribution in [1.82, 2.24) is 0 Å². The van der Waals surface area contributed by atoms with Crippen molar-refractivity contribution in [2.24, 2.45) is 0 Å². The Morgan fingerprint density at radius 1 is 0.610 bits per heavy atom. The maximum Gasteiger partial charge on any atom is 0.186 e. The van der Waals surface area contributed by atoms with Crippen LogP contribution < -0.4 is 9.47 Å². The van der Waals surface area contributed by atoms with Crippen molar-refractivity contribution in [2.45, 2.75) is 12.0 Å². The zero-order chi connectivity index (χ0) is 27.4. The maximum absolute atomic E-state index is 12.1. The smallest absolute Gasteiger partial charge is 0.186 e. The first kappa shape index (κ1) is 23.6. The topological polar surface area (TPSA) is 38.7 Å². The van der Waals surface area contributed by atoms with Crippen molar-refractivity contribution in [3.63, 3.8) is 0 Å². The molecule has 3 nitrogen and oxygen atoms in total. The standard InChI is InChI=1S/C38H26O3/c39-37(28-15-5-2-6-16-28)32-23-31-29-17-9-7-11-25(29)19-21-33(31)41-38(32)24-35(27-13-3-1-4-14-27)40-34-22-20-26-12-8-10-18-30(26)36(34)38/h1-22,24,39H,23H2/b37-32+. The van der Waals surface area contributed by atoms with Crippen LogP contribution in [0.3, 0.4) is 0 Å². The highest BCUT2D eigenvalue weighted by Gasteiger charge is 2.49. The molecule has 0 amide bonds. The molecule has 8 rings (SSSR count). The SMILES string of the molecule is O/C(=C1\Cc2c(ccc3ccccc23)OC12C=C(c1ccccc1)Oc1ccc3ccccc3c12)c1ccccc1. The predicted octanol–water partition coefficient (Wildman–Crippen LogP) is 9.23. The second kappa shape index (κ2) is 9.14. The Kier molecular flexibility index (Phi) is 5.26. The Labute approximate surface area is 238 Å². The summed E-state index contributed by atoms with van der Waals surface area (Å²) < 4.78 is 13.9. The van der Waals surface area contributed by atoms with Gasteiger partial charge in [0.05, 0.1) is 5.56 Å². The molecule has 0 saturated heterocycles. The van der Waals surface area contributed by atoms with Crippen LogP contribution in [-0.2, 0) is 12.0 Å². The molecule has 0 radical (unpaired) electrons. The molecule has 6 aromatic carbocycles. The molecule has 2 aliphatic rings. The van der Waals surface area contributed by atoms with E-state index in [1.54, 1.807) is 0 Å². The number of aliphatic hydroxyl groups is 1. The third kappa shape index (κ3) is 3.66. The van der Waals surface area contributed by atoms with E-state index in [1.165, 1.54) is 0 Å². The van der Waals surface area contributed by atoms with Gasteiger partial charge in [-0.3, -0.25) is 0 Å². The molecule has 1 N–H and O–H groups in total. The van der Waals surface area contributed by atoms with Gasteiger partial charge in [0.1, 0.15) is 23.0 Å². The second-order valence-corrected chi connectivity index (χ2v) is 10.6. The minimum atomic E-state index is -1.12. The van der Waals surface area contributed by atoms with Crippen LogP contribution in [0.1, 0.15) is 22.3 Å². The molecular weight excluding hydrogens is 504 g/mol. The Bertz CT molecular complexity index is 2020. The number of hydrogen-bond donors (Lipinski definition) is 1. The van der Waals surface area contributed by atoms with Crippen LogP contribution in [0.15, 0.2) is 145 Å². The third-order valence-electron chi connectivity index (χ3n) is 8.28. The molecule has 0 aromatic heterocycles. The van der Waals surface area contributed by atoms with Gasteiger partial charge in [-0.25, -0.2) is 0 Å². The molecular formula is C38H26O3. The van der Waals surface area contributed by atoms with Crippen molar-refractivity contribution in [3.05, 3.63) is 167 Å². The molecule has 0 fully saturated rings. The normalized spacial score (nSPS) is 18.7. The van der Waals surface area contributed by atoms with E-state index in [0.29, 0.717) is 17.9 Å². The molecule has 0 saturated carbocycles. The van der Waals surface area contributed by atoms with E-state index in [4.69, 9.17) is 9.47 Å². The van der Waals surface area contributed by atoms with Crippen molar-refractivity contribution < 1.29 is 14.6 Å². The average molecular weight is 531 g/mol.